The molecule has 32 heavy (non-hydrogen) atoms. The summed E-state index contributed by atoms with van der Waals surface area (Å²) in [6.07, 6.45) is 0. The van der Waals surface area contributed by atoms with Crippen LogP contribution in [0.3, 0.4) is 0 Å². The molecule has 5 aliphatic carbocycles. The zero-order chi connectivity index (χ0) is 23.6. The van der Waals surface area contributed by atoms with E-state index in [1.165, 1.54) is 0 Å². The number of hydrogen-bond donors (Lipinski definition) is 0. The summed E-state index contributed by atoms with van der Waals surface area (Å²) in [7, 11) is 0. The van der Waals surface area contributed by atoms with Crippen molar-refractivity contribution in [3.05, 3.63) is 55.5 Å². The van der Waals surface area contributed by atoms with Crippen molar-refractivity contribution in [2.45, 2.75) is 40.0 Å². The van der Waals surface area contributed by atoms with Gasteiger partial charge in [-0.3, -0.25) is 0 Å². The van der Waals surface area contributed by atoms with E-state index in [0.717, 1.165) is 11.1 Å². The van der Waals surface area contributed by atoms with Crippen LogP contribution in [-0.4, -0.2) is 28.2 Å². The Morgan fingerprint density at radius 2 is 0.750 bits per heavy atom. The number of halogens is 12. The average Bonchev–Trinajstić information content (AvgIpc) is 3.08. The molecule has 0 aliphatic heterocycles. The lowest BCUT2D eigenvalue weighted by Gasteiger charge is -2.52. The monoisotopic (exact) mass is 668 g/mol. The van der Waals surface area contributed by atoms with E-state index in [-0.39, 0.29) is 20.1 Å². The van der Waals surface area contributed by atoms with Crippen LogP contribution in [0.5, 0.6) is 0 Å². The Morgan fingerprint density at radius 3 is 1.06 bits per heavy atom. The second-order valence-electron chi connectivity index (χ2n) is 8.89. The topological polar surface area (TPSA) is 0 Å². The number of alkyl halides is 8. The molecule has 1 aromatic carbocycles. The summed E-state index contributed by atoms with van der Waals surface area (Å²) in [5, 5.41) is 0.274. The Hall–Kier alpha value is 2.18. The molecule has 0 nitrogen and oxygen atoms in total. The molecule has 0 spiro atoms. The quantitative estimate of drug-likeness (QED) is 0.241. The molecule has 0 unspecified atom stereocenters. The summed E-state index contributed by atoms with van der Waals surface area (Å²) in [5.41, 5.74) is 1.59. The van der Waals surface area contributed by atoms with Gasteiger partial charge in [0.25, 0.3) is 0 Å². The molecule has 0 N–H and O–H groups in total. The van der Waals surface area contributed by atoms with Crippen molar-refractivity contribution in [2.75, 3.05) is 0 Å². The normalized spacial score (nSPS) is 51.2. The average molecular weight is 674 g/mol. The highest BCUT2D eigenvalue weighted by molar-refractivity contribution is 6.67. The third-order valence-electron chi connectivity index (χ3n) is 8.04. The third kappa shape index (κ3) is 2.00. The first-order valence-electron chi connectivity index (χ1n) is 9.33. The van der Waals surface area contributed by atoms with Crippen molar-refractivity contribution in [1.82, 2.24) is 0 Å². The van der Waals surface area contributed by atoms with Crippen LogP contribution in [0.1, 0.15) is 23.0 Å². The second-order valence-corrected chi connectivity index (χ2v) is 15.4. The van der Waals surface area contributed by atoms with Crippen LogP contribution in [-0.2, 0) is 0 Å². The first kappa shape index (κ1) is 24.5. The van der Waals surface area contributed by atoms with Crippen LogP contribution in [0.2, 0.25) is 0 Å². The first-order valence-corrected chi connectivity index (χ1v) is 13.9. The van der Waals surface area contributed by atoms with E-state index in [4.69, 9.17) is 139 Å². The molecule has 6 rings (SSSR count). The van der Waals surface area contributed by atoms with Crippen LogP contribution in [0.15, 0.2) is 44.4 Å². The van der Waals surface area contributed by atoms with Crippen molar-refractivity contribution in [1.29, 1.82) is 0 Å². The van der Waals surface area contributed by atoms with Crippen LogP contribution >= 0.6 is 139 Å². The summed E-state index contributed by atoms with van der Waals surface area (Å²) >= 11 is 83.3. The van der Waals surface area contributed by atoms with Crippen molar-refractivity contribution in [2.24, 2.45) is 11.8 Å². The zero-order valence-corrected chi connectivity index (χ0v) is 24.2. The highest BCUT2D eigenvalue weighted by Crippen LogP contribution is 2.88. The number of benzene rings is 1. The predicted octanol–water partition coefficient (Wildman–Crippen LogP) is 9.79. The molecule has 0 heterocycles. The summed E-state index contributed by atoms with van der Waals surface area (Å²) in [6, 6.07) is 7.51. The van der Waals surface area contributed by atoms with Crippen molar-refractivity contribution in [3.8, 4) is 0 Å². The summed E-state index contributed by atoms with van der Waals surface area (Å²) in [5.74, 6) is -2.54. The molecule has 0 aromatic heterocycles. The van der Waals surface area contributed by atoms with Gasteiger partial charge in [0.05, 0.1) is 20.1 Å². The Bertz CT molecular complexity index is 1100. The van der Waals surface area contributed by atoms with E-state index < -0.39 is 51.8 Å². The van der Waals surface area contributed by atoms with Crippen LogP contribution < -0.4 is 0 Å². The lowest BCUT2D eigenvalue weighted by atomic mass is 9.57. The van der Waals surface area contributed by atoms with E-state index in [9.17, 15) is 0 Å². The Kier molecular flexibility index (Phi) is 5.05. The molecule has 5 aliphatic rings. The predicted molar refractivity (Wildman–Crippen MR) is 140 cm³/mol. The van der Waals surface area contributed by atoms with Gasteiger partial charge in [0.1, 0.15) is 19.5 Å². The van der Waals surface area contributed by atoms with Gasteiger partial charge in [0, 0.05) is 23.7 Å². The van der Waals surface area contributed by atoms with Gasteiger partial charge in [-0.25, -0.2) is 0 Å². The summed E-state index contributed by atoms with van der Waals surface area (Å²) in [4.78, 5) is -6.33. The standard InChI is InChI=1S/C20H8Cl12/c21-11-13(23)17(27)9-7(15(11,25)19(17,29)30)5-3-1-2-4-6(5)8-10(9)18(28)14(24)12(22)16(8,26)20(18,31)32/h1-4,7-10H/t7-,8-,9+,10+,15-,16+,17+,18-/m1/s1. The first-order chi connectivity index (χ1) is 14.6. The molecular formula is C20H8Cl12. The molecule has 4 bridgehead atoms. The van der Waals surface area contributed by atoms with Gasteiger partial charge in [-0.05, 0) is 11.1 Å². The van der Waals surface area contributed by atoms with Gasteiger partial charge in [-0.1, -0.05) is 117 Å². The number of allylic oxidation sites excluding steroid dienone is 4. The van der Waals surface area contributed by atoms with Gasteiger partial charge in [-0.2, -0.15) is 0 Å². The van der Waals surface area contributed by atoms with Gasteiger partial charge in [0.2, 0.25) is 0 Å². The van der Waals surface area contributed by atoms with E-state index in [1.807, 2.05) is 24.3 Å². The number of hydrogen-bond acceptors (Lipinski definition) is 0. The molecule has 0 amide bonds. The fourth-order valence-electron chi connectivity index (χ4n) is 6.85. The van der Waals surface area contributed by atoms with E-state index in [0.29, 0.717) is 0 Å². The Labute approximate surface area is 244 Å². The maximum absolute atomic E-state index is 7.25. The molecule has 2 fully saturated rings. The minimum Gasteiger partial charge on any atom is -0.109 e. The zero-order valence-electron chi connectivity index (χ0n) is 15.2. The molecule has 0 radical (unpaired) electrons. The second kappa shape index (κ2) is 6.59. The van der Waals surface area contributed by atoms with Gasteiger partial charge in [0.15, 0.2) is 8.67 Å². The smallest absolute Gasteiger partial charge is 0.109 e. The maximum atomic E-state index is 7.25. The minimum absolute atomic E-state index is 0.0489. The molecule has 12 heteroatoms. The van der Waals surface area contributed by atoms with Crippen molar-refractivity contribution < 1.29 is 0 Å². The minimum atomic E-state index is -1.80. The Morgan fingerprint density at radius 1 is 0.469 bits per heavy atom. The van der Waals surface area contributed by atoms with E-state index >= 15 is 0 Å². The fourth-order valence-corrected chi connectivity index (χ4v) is 12.9. The molecule has 1 aromatic rings. The maximum Gasteiger partial charge on any atom is 0.167 e. The highest BCUT2D eigenvalue weighted by Gasteiger charge is 2.91. The lowest BCUT2D eigenvalue weighted by molar-refractivity contribution is 0.201. The lowest BCUT2D eigenvalue weighted by Crippen LogP contribution is -2.53. The summed E-state index contributed by atoms with van der Waals surface area (Å²) in [6.45, 7) is 0. The van der Waals surface area contributed by atoms with Gasteiger partial charge in [-0.15, -0.1) is 46.4 Å². The Balaban J connectivity index is 1.78. The van der Waals surface area contributed by atoms with Crippen LogP contribution in [0.4, 0.5) is 0 Å². The SMILES string of the molecule is ClC1=C(Cl)[C@]2(Cl)[C@@H]3[C@@H]4[C@@H](c5ccccc5[C@H]3[C@@]1(Cl)C2(Cl)Cl)[C@@]1(Cl)C(Cl)=C(Cl)[C@]4(Cl)C1(Cl)Cl. The van der Waals surface area contributed by atoms with Crippen molar-refractivity contribution >= 4 is 139 Å². The number of rotatable bonds is 0. The largest absolute Gasteiger partial charge is 0.167 e. The van der Waals surface area contributed by atoms with Gasteiger partial charge < -0.3 is 0 Å². The number of fused-ring (bicyclic) bond motifs is 14. The molecular weight excluding hydrogens is 666 g/mol. The molecule has 2 saturated carbocycles. The fraction of sp³-hybridized carbons (Fsp3) is 0.500. The van der Waals surface area contributed by atoms with Crippen molar-refractivity contribution in [3.63, 3.8) is 0 Å². The van der Waals surface area contributed by atoms with Crippen LogP contribution in [0, 0.1) is 11.8 Å². The molecule has 0 saturated heterocycles. The third-order valence-corrected chi connectivity index (χ3v) is 16.6. The van der Waals surface area contributed by atoms with Crippen LogP contribution in [0.25, 0.3) is 0 Å². The van der Waals surface area contributed by atoms with E-state index in [1.54, 1.807) is 0 Å². The van der Waals surface area contributed by atoms with E-state index in [2.05, 4.69) is 0 Å². The summed E-state index contributed by atoms with van der Waals surface area (Å²) < 4.78 is -3.60. The molecule has 8 atom stereocenters. The highest BCUT2D eigenvalue weighted by atomic mass is 35.5. The molecule has 172 valence electrons. The van der Waals surface area contributed by atoms with Gasteiger partial charge >= 0.3 is 0 Å².